The van der Waals surface area contributed by atoms with Gasteiger partial charge in [-0.05, 0) is 48.7 Å². The van der Waals surface area contributed by atoms with Crippen molar-refractivity contribution in [2.45, 2.75) is 25.7 Å². The van der Waals surface area contributed by atoms with Crippen molar-refractivity contribution < 1.29 is 19.1 Å². The van der Waals surface area contributed by atoms with Gasteiger partial charge in [0.2, 0.25) is 5.91 Å². The van der Waals surface area contributed by atoms with Crippen LogP contribution in [0.3, 0.4) is 0 Å². The zero-order valence-corrected chi connectivity index (χ0v) is 19.6. The highest BCUT2D eigenvalue weighted by Crippen LogP contribution is 2.34. The molecule has 1 fully saturated rings. The normalized spacial score (nSPS) is 14.7. The van der Waals surface area contributed by atoms with Crippen LogP contribution in [0.15, 0.2) is 47.6 Å². The van der Waals surface area contributed by atoms with Crippen molar-refractivity contribution in [2.75, 3.05) is 26.1 Å². The van der Waals surface area contributed by atoms with E-state index in [0.717, 1.165) is 24.8 Å². The number of hydrogen-bond acceptors (Lipinski definition) is 7. The average Bonchev–Trinajstić information content (AvgIpc) is 3.06. The number of pyridine rings is 1. The largest absolute Gasteiger partial charge is 0.493 e. The summed E-state index contributed by atoms with van der Waals surface area (Å²) in [6.45, 7) is 0.540. The summed E-state index contributed by atoms with van der Waals surface area (Å²) in [6, 6.07) is 9.06. The number of hydrogen-bond donors (Lipinski definition) is 1. The zero-order valence-electron chi connectivity index (χ0n) is 18.0. The fraction of sp³-hybridized carbons (Fsp3) is 0.304. The minimum atomic E-state index is -0.0934. The summed E-state index contributed by atoms with van der Waals surface area (Å²) in [5.74, 6) is 1.10. The molecule has 1 N–H and O–H groups in total. The zero-order chi connectivity index (χ0) is 22.9. The van der Waals surface area contributed by atoms with E-state index in [4.69, 9.17) is 21.7 Å². The standard InChI is InChI=1S/C23H25N3O4S2/c1-29-18-10-9-16(13-19(18)30-2)14-20-22(28)26(23(31)32-20)12-5-3-4-8-21(27)25-17-7-6-11-24-15-17/h6-7,9-11,13-15H,3-5,8,12H2,1-2H3,(H,25,27)/b20-14-. The first kappa shape index (κ1) is 23.7. The molecule has 1 saturated heterocycles. The lowest BCUT2D eigenvalue weighted by Crippen LogP contribution is -2.29. The van der Waals surface area contributed by atoms with Gasteiger partial charge >= 0.3 is 0 Å². The molecule has 2 amide bonds. The smallest absolute Gasteiger partial charge is 0.266 e. The number of thiocarbonyl (C=S) groups is 1. The lowest BCUT2D eigenvalue weighted by Gasteiger charge is -2.14. The number of thioether (sulfide) groups is 1. The highest BCUT2D eigenvalue weighted by atomic mass is 32.2. The van der Waals surface area contributed by atoms with Gasteiger partial charge in [-0.15, -0.1) is 0 Å². The molecule has 1 aliphatic rings. The number of carbonyl (C=O) groups is 2. The highest BCUT2D eigenvalue weighted by Gasteiger charge is 2.31. The Morgan fingerprint density at radius 2 is 2.00 bits per heavy atom. The van der Waals surface area contributed by atoms with Crippen molar-refractivity contribution in [1.82, 2.24) is 9.88 Å². The van der Waals surface area contributed by atoms with E-state index in [-0.39, 0.29) is 11.8 Å². The minimum absolute atomic E-state index is 0.0403. The van der Waals surface area contributed by atoms with E-state index in [0.29, 0.717) is 39.4 Å². The van der Waals surface area contributed by atoms with E-state index < -0.39 is 0 Å². The van der Waals surface area contributed by atoms with Crippen LogP contribution in [0.25, 0.3) is 6.08 Å². The first-order valence-corrected chi connectivity index (χ1v) is 11.4. The molecule has 0 spiro atoms. The first-order valence-electron chi connectivity index (χ1n) is 10.2. The molecule has 168 valence electrons. The Balaban J connectivity index is 1.47. The fourth-order valence-electron chi connectivity index (χ4n) is 3.18. The maximum atomic E-state index is 12.8. The molecule has 1 aliphatic heterocycles. The highest BCUT2D eigenvalue weighted by molar-refractivity contribution is 8.26. The summed E-state index contributed by atoms with van der Waals surface area (Å²) in [7, 11) is 3.15. The van der Waals surface area contributed by atoms with Crippen molar-refractivity contribution in [1.29, 1.82) is 0 Å². The van der Waals surface area contributed by atoms with Gasteiger partial charge in [0.15, 0.2) is 11.5 Å². The van der Waals surface area contributed by atoms with E-state index in [9.17, 15) is 9.59 Å². The van der Waals surface area contributed by atoms with Crippen LogP contribution in [0, 0.1) is 0 Å². The number of rotatable bonds is 10. The van der Waals surface area contributed by atoms with Crippen molar-refractivity contribution in [3.63, 3.8) is 0 Å². The van der Waals surface area contributed by atoms with Gasteiger partial charge in [0.05, 0.1) is 31.0 Å². The minimum Gasteiger partial charge on any atom is -0.493 e. The number of carbonyl (C=O) groups excluding carboxylic acids is 2. The molecular weight excluding hydrogens is 446 g/mol. The Bertz CT molecular complexity index is 1010. The van der Waals surface area contributed by atoms with E-state index >= 15 is 0 Å². The summed E-state index contributed by atoms with van der Waals surface area (Å²) >= 11 is 6.70. The molecular formula is C23H25N3O4S2. The molecule has 32 heavy (non-hydrogen) atoms. The summed E-state index contributed by atoms with van der Waals surface area (Å²) < 4.78 is 11.1. The predicted octanol–water partition coefficient (Wildman–Crippen LogP) is 4.50. The van der Waals surface area contributed by atoms with Crippen LogP contribution < -0.4 is 14.8 Å². The summed E-state index contributed by atoms with van der Waals surface area (Å²) in [4.78, 5) is 31.0. The van der Waals surface area contributed by atoms with Crippen LogP contribution >= 0.6 is 24.0 Å². The van der Waals surface area contributed by atoms with Crippen LogP contribution in [0.5, 0.6) is 11.5 Å². The van der Waals surface area contributed by atoms with Crippen molar-refractivity contribution in [3.8, 4) is 11.5 Å². The number of anilines is 1. The summed E-state index contributed by atoms with van der Waals surface area (Å²) in [5, 5.41) is 2.82. The predicted molar refractivity (Wildman–Crippen MR) is 131 cm³/mol. The monoisotopic (exact) mass is 471 g/mol. The number of methoxy groups -OCH3 is 2. The van der Waals surface area contributed by atoms with Gasteiger partial charge in [-0.3, -0.25) is 19.5 Å². The van der Waals surface area contributed by atoms with E-state index in [1.54, 1.807) is 49.7 Å². The molecule has 2 heterocycles. The Morgan fingerprint density at radius 1 is 1.19 bits per heavy atom. The van der Waals surface area contributed by atoms with E-state index in [1.165, 1.54) is 11.8 Å². The Hall–Kier alpha value is -2.91. The Labute approximate surface area is 197 Å². The quantitative estimate of drug-likeness (QED) is 0.310. The Morgan fingerprint density at radius 3 is 2.72 bits per heavy atom. The molecule has 0 bridgehead atoms. The molecule has 0 aliphatic carbocycles. The van der Waals surface area contributed by atoms with Crippen LogP contribution in [0.1, 0.15) is 31.2 Å². The lowest BCUT2D eigenvalue weighted by atomic mass is 10.1. The van der Waals surface area contributed by atoms with E-state index in [1.807, 2.05) is 18.2 Å². The van der Waals surface area contributed by atoms with Crippen molar-refractivity contribution >= 4 is 51.9 Å². The van der Waals surface area contributed by atoms with Crippen molar-refractivity contribution in [2.24, 2.45) is 0 Å². The molecule has 1 aromatic carbocycles. The lowest BCUT2D eigenvalue weighted by molar-refractivity contribution is -0.122. The van der Waals surface area contributed by atoms with Gasteiger partial charge in [0.25, 0.3) is 5.91 Å². The van der Waals surface area contributed by atoms with Crippen LogP contribution in [0.4, 0.5) is 5.69 Å². The van der Waals surface area contributed by atoms with Gasteiger partial charge in [-0.25, -0.2) is 0 Å². The average molecular weight is 472 g/mol. The van der Waals surface area contributed by atoms with Gasteiger partial charge < -0.3 is 14.8 Å². The molecule has 7 nitrogen and oxygen atoms in total. The van der Waals surface area contributed by atoms with Crippen LogP contribution in [-0.4, -0.2) is 46.8 Å². The van der Waals surface area contributed by atoms with E-state index in [2.05, 4.69) is 10.3 Å². The topological polar surface area (TPSA) is 80.8 Å². The molecule has 3 rings (SSSR count). The third-order valence-electron chi connectivity index (χ3n) is 4.81. The SMILES string of the molecule is COc1ccc(/C=C2\SC(=S)N(CCCCCC(=O)Nc3cccnc3)C2=O)cc1OC. The third-order valence-corrected chi connectivity index (χ3v) is 6.19. The molecule has 2 aromatic rings. The second-order valence-corrected chi connectivity index (χ2v) is 8.72. The second kappa shape index (κ2) is 11.6. The number of nitrogens with zero attached hydrogens (tertiary/aromatic N) is 2. The second-order valence-electron chi connectivity index (χ2n) is 7.05. The van der Waals surface area contributed by atoms with Gasteiger partial charge in [-0.1, -0.05) is 36.5 Å². The molecule has 1 aromatic heterocycles. The number of benzene rings is 1. The van der Waals surface area contributed by atoms with Crippen LogP contribution in [0.2, 0.25) is 0 Å². The van der Waals surface area contributed by atoms with Gasteiger partial charge in [0, 0.05) is 19.2 Å². The Kier molecular flexibility index (Phi) is 8.64. The third kappa shape index (κ3) is 6.30. The molecule has 0 unspecified atom stereocenters. The van der Waals surface area contributed by atoms with Crippen molar-refractivity contribution in [3.05, 3.63) is 53.2 Å². The maximum absolute atomic E-state index is 12.8. The maximum Gasteiger partial charge on any atom is 0.266 e. The molecule has 0 saturated carbocycles. The number of aromatic nitrogens is 1. The summed E-state index contributed by atoms with van der Waals surface area (Å²) in [5.41, 5.74) is 1.53. The number of nitrogens with one attached hydrogen (secondary N) is 1. The molecule has 9 heteroatoms. The van der Waals surface area contributed by atoms with Gasteiger partial charge in [0.1, 0.15) is 4.32 Å². The number of unbranched alkanes of at least 4 members (excludes halogenated alkanes) is 2. The number of amides is 2. The molecule has 0 radical (unpaired) electrons. The van der Waals surface area contributed by atoms with Gasteiger partial charge in [-0.2, -0.15) is 0 Å². The number of ether oxygens (including phenoxy) is 2. The molecule has 0 atom stereocenters. The van der Waals surface area contributed by atoms with Crippen LogP contribution in [-0.2, 0) is 9.59 Å². The first-order chi connectivity index (χ1) is 15.5. The summed E-state index contributed by atoms with van der Waals surface area (Å²) in [6.07, 6.45) is 7.84. The fourth-order valence-corrected chi connectivity index (χ4v) is 4.49.